The molecule has 0 amide bonds. The zero-order chi connectivity index (χ0) is 17.5. The van der Waals surface area contributed by atoms with E-state index < -0.39 is 5.60 Å². The monoisotopic (exact) mass is 329 g/mol. The molecule has 128 valence electrons. The fourth-order valence-corrected chi connectivity index (χ4v) is 3.16. The van der Waals surface area contributed by atoms with E-state index in [4.69, 9.17) is 0 Å². The number of fused-ring (bicyclic) bond motifs is 3. The second kappa shape index (κ2) is 5.99. The highest BCUT2D eigenvalue weighted by Crippen LogP contribution is 2.16. The van der Waals surface area contributed by atoms with E-state index in [2.05, 4.69) is 10.2 Å². The molecular weight excluding hydrogens is 306 g/mol. The number of benzene rings is 1. The van der Waals surface area contributed by atoms with Crippen LogP contribution in [0.25, 0.3) is 16.7 Å². The molecule has 1 N–H and O–H groups in total. The highest BCUT2D eigenvalue weighted by Gasteiger charge is 2.19. The van der Waals surface area contributed by atoms with Crippen molar-refractivity contribution < 1.29 is 5.11 Å². The lowest BCUT2D eigenvalue weighted by molar-refractivity contribution is 0.0417. The van der Waals surface area contributed by atoms with Crippen LogP contribution in [0.5, 0.6) is 0 Å². The van der Waals surface area contributed by atoms with Crippen molar-refractivity contribution in [3.05, 3.63) is 40.4 Å². The standard InChI is InChI=1S/C17H23N5O2/c1-5-21-15(23)12-8-6-7-9-13(12)22-14(18-19-16(21)22)10-20(4)11-17(2,3)24/h6-9,24H,5,10-11H2,1-4H3. The zero-order valence-corrected chi connectivity index (χ0v) is 14.5. The van der Waals surface area contributed by atoms with Gasteiger partial charge in [0.05, 0.1) is 23.0 Å². The molecule has 0 atom stereocenters. The molecule has 0 unspecified atom stereocenters. The Bertz CT molecular complexity index is 936. The predicted molar refractivity (Wildman–Crippen MR) is 93.1 cm³/mol. The molecule has 0 aliphatic carbocycles. The molecule has 0 aliphatic heterocycles. The summed E-state index contributed by atoms with van der Waals surface area (Å²) < 4.78 is 3.57. The number of hydrogen-bond acceptors (Lipinski definition) is 5. The summed E-state index contributed by atoms with van der Waals surface area (Å²) in [6.45, 7) is 7.03. The molecule has 0 bridgehead atoms. The van der Waals surface area contributed by atoms with Gasteiger partial charge in [-0.25, -0.2) is 0 Å². The summed E-state index contributed by atoms with van der Waals surface area (Å²) in [5, 5.41) is 19.2. The van der Waals surface area contributed by atoms with Crippen molar-refractivity contribution in [1.82, 2.24) is 24.1 Å². The van der Waals surface area contributed by atoms with Crippen LogP contribution in [0.1, 0.15) is 26.6 Å². The minimum Gasteiger partial charge on any atom is -0.389 e. The minimum atomic E-state index is -0.789. The molecule has 24 heavy (non-hydrogen) atoms. The summed E-state index contributed by atoms with van der Waals surface area (Å²) in [5.74, 6) is 1.29. The molecule has 2 aromatic heterocycles. The van der Waals surface area contributed by atoms with Gasteiger partial charge in [0.1, 0.15) is 0 Å². The first-order valence-corrected chi connectivity index (χ1v) is 8.08. The molecule has 3 aromatic rings. The summed E-state index contributed by atoms with van der Waals surface area (Å²) in [4.78, 5) is 14.6. The van der Waals surface area contributed by atoms with E-state index >= 15 is 0 Å². The van der Waals surface area contributed by atoms with Crippen molar-refractivity contribution in [3.63, 3.8) is 0 Å². The third-order valence-corrected chi connectivity index (χ3v) is 3.96. The van der Waals surface area contributed by atoms with E-state index in [9.17, 15) is 9.90 Å². The fraction of sp³-hybridized carbons (Fsp3) is 0.471. The topological polar surface area (TPSA) is 75.7 Å². The molecule has 3 rings (SSSR count). The first-order valence-electron chi connectivity index (χ1n) is 8.08. The van der Waals surface area contributed by atoms with Gasteiger partial charge < -0.3 is 5.11 Å². The van der Waals surface area contributed by atoms with Crippen LogP contribution in [-0.4, -0.2) is 48.4 Å². The van der Waals surface area contributed by atoms with Crippen LogP contribution in [0.2, 0.25) is 0 Å². The average Bonchev–Trinajstić information content (AvgIpc) is 2.89. The Morgan fingerprint density at radius 1 is 1.25 bits per heavy atom. The summed E-state index contributed by atoms with van der Waals surface area (Å²) in [7, 11) is 1.93. The number of nitrogens with zero attached hydrogens (tertiary/aromatic N) is 5. The SMILES string of the molecule is CCn1c(=O)c2ccccc2n2c(CN(C)CC(C)(C)O)nnc12. The molecule has 0 spiro atoms. The van der Waals surface area contributed by atoms with E-state index in [0.717, 1.165) is 11.3 Å². The van der Waals surface area contributed by atoms with Gasteiger partial charge in [-0.3, -0.25) is 18.7 Å². The Kier molecular flexibility index (Phi) is 4.15. The van der Waals surface area contributed by atoms with Gasteiger partial charge in [0, 0.05) is 13.1 Å². The van der Waals surface area contributed by atoms with Crippen LogP contribution >= 0.6 is 0 Å². The first kappa shape index (κ1) is 16.6. The maximum absolute atomic E-state index is 12.6. The van der Waals surface area contributed by atoms with Gasteiger partial charge in [-0.1, -0.05) is 12.1 Å². The number of rotatable bonds is 5. The summed E-state index contributed by atoms with van der Waals surface area (Å²) >= 11 is 0. The molecule has 0 saturated heterocycles. The van der Waals surface area contributed by atoms with Crippen molar-refractivity contribution in [1.29, 1.82) is 0 Å². The van der Waals surface area contributed by atoms with Crippen molar-refractivity contribution in [2.45, 2.75) is 39.5 Å². The van der Waals surface area contributed by atoms with Crippen molar-refractivity contribution in [2.75, 3.05) is 13.6 Å². The summed E-state index contributed by atoms with van der Waals surface area (Å²) in [6, 6.07) is 7.50. The lowest BCUT2D eigenvalue weighted by Gasteiger charge is -2.24. The summed E-state index contributed by atoms with van der Waals surface area (Å²) in [6.07, 6.45) is 0. The number of hydrogen-bond donors (Lipinski definition) is 1. The maximum atomic E-state index is 12.6. The Labute approximate surface area is 140 Å². The molecule has 7 heteroatoms. The van der Waals surface area contributed by atoms with E-state index in [-0.39, 0.29) is 5.56 Å². The predicted octanol–water partition coefficient (Wildman–Crippen LogP) is 1.27. The minimum absolute atomic E-state index is 0.0515. The zero-order valence-electron chi connectivity index (χ0n) is 14.5. The third-order valence-electron chi connectivity index (χ3n) is 3.96. The van der Waals surface area contributed by atoms with Gasteiger partial charge in [-0.05, 0) is 40.0 Å². The summed E-state index contributed by atoms with van der Waals surface area (Å²) in [5.41, 5.74) is -0.0358. The lowest BCUT2D eigenvalue weighted by Crippen LogP contribution is -2.36. The van der Waals surface area contributed by atoms with Crippen LogP contribution in [0.3, 0.4) is 0 Å². The van der Waals surface area contributed by atoms with Crippen LogP contribution in [0, 0.1) is 0 Å². The van der Waals surface area contributed by atoms with Crippen molar-refractivity contribution in [2.24, 2.45) is 0 Å². The van der Waals surface area contributed by atoms with Crippen molar-refractivity contribution >= 4 is 16.7 Å². The Morgan fingerprint density at radius 3 is 2.62 bits per heavy atom. The van der Waals surface area contributed by atoms with Crippen LogP contribution in [0.4, 0.5) is 0 Å². The number of para-hydroxylation sites is 1. The van der Waals surface area contributed by atoms with Gasteiger partial charge in [0.25, 0.3) is 5.56 Å². The van der Waals surface area contributed by atoms with E-state index in [1.54, 1.807) is 18.4 Å². The van der Waals surface area contributed by atoms with Gasteiger partial charge >= 0.3 is 0 Å². The van der Waals surface area contributed by atoms with E-state index in [0.29, 0.717) is 30.8 Å². The van der Waals surface area contributed by atoms with Crippen LogP contribution < -0.4 is 5.56 Å². The van der Waals surface area contributed by atoms with Crippen molar-refractivity contribution in [3.8, 4) is 0 Å². The molecule has 0 saturated carbocycles. The molecule has 0 aliphatic rings. The molecular formula is C17H23N5O2. The van der Waals surface area contributed by atoms with Gasteiger partial charge in [0.15, 0.2) is 5.82 Å². The molecule has 1 aromatic carbocycles. The highest BCUT2D eigenvalue weighted by molar-refractivity contribution is 5.80. The maximum Gasteiger partial charge on any atom is 0.262 e. The molecule has 7 nitrogen and oxygen atoms in total. The van der Waals surface area contributed by atoms with Gasteiger partial charge in [-0.2, -0.15) is 0 Å². The van der Waals surface area contributed by atoms with E-state index in [1.165, 1.54) is 0 Å². The number of aryl methyl sites for hydroxylation is 1. The number of aromatic nitrogens is 4. The molecule has 0 fully saturated rings. The second-order valence-electron chi connectivity index (χ2n) is 6.80. The Balaban J connectivity index is 2.18. The Hall–Kier alpha value is -2.25. The molecule has 2 heterocycles. The smallest absolute Gasteiger partial charge is 0.262 e. The van der Waals surface area contributed by atoms with Gasteiger partial charge in [-0.15, -0.1) is 10.2 Å². The first-order chi connectivity index (χ1) is 11.3. The Morgan fingerprint density at radius 2 is 1.96 bits per heavy atom. The molecule has 0 radical (unpaired) electrons. The number of aliphatic hydroxyl groups is 1. The lowest BCUT2D eigenvalue weighted by atomic mass is 10.1. The van der Waals surface area contributed by atoms with E-state index in [1.807, 2.05) is 47.5 Å². The normalized spacial score (nSPS) is 12.6. The number of likely N-dealkylation sites (N-methyl/N-ethyl adjacent to an activating group) is 1. The quantitative estimate of drug-likeness (QED) is 0.763. The highest BCUT2D eigenvalue weighted by atomic mass is 16.3. The average molecular weight is 329 g/mol. The van der Waals surface area contributed by atoms with Gasteiger partial charge in [0.2, 0.25) is 5.78 Å². The largest absolute Gasteiger partial charge is 0.389 e. The van der Waals surface area contributed by atoms with Crippen LogP contribution in [-0.2, 0) is 13.1 Å². The fourth-order valence-electron chi connectivity index (χ4n) is 3.16. The van der Waals surface area contributed by atoms with Crippen LogP contribution in [0.15, 0.2) is 29.1 Å². The second-order valence-corrected chi connectivity index (χ2v) is 6.80. The third kappa shape index (κ3) is 2.92.